The number of amides is 1. The summed E-state index contributed by atoms with van der Waals surface area (Å²) in [5.41, 5.74) is 3.59. The van der Waals surface area contributed by atoms with E-state index in [0.717, 1.165) is 53.4 Å². The van der Waals surface area contributed by atoms with E-state index >= 15 is 0 Å². The summed E-state index contributed by atoms with van der Waals surface area (Å²) in [4.78, 5) is 20.5. The van der Waals surface area contributed by atoms with Crippen molar-refractivity contribution >= 4 is 42.6 Å². The Morgan fingerprint density at radius 3 is 2.54 bits per heavy atom. The van der Waals surface area contributed by atoms with Crippen molar-refractivity contribution < 1.29 is 17.9 Å². The summed E-state index contributed by atoms with van der Waals surface area (Å²) in [6, 6.07) is 10.5. The van der Waals surface area contributed by atoms with E-state index in [2.05, 4.69) is 19.1 Å². The van der Waals surface area contributed by atoms with Crippen molar-refractivity contribution in [3.05, 3.63) is 53.1 Å². The van der Waals surface area contributed by atoms with E-state index in [1.54, 1.807) is 33.5 Å². The number of thiazole rings is 1. The Hall–Kier alpha value is -2.33. The lowest BCUT2D eigenvalue weighted by molar-refractivity contribution is 0.0917. The molecule has 1 aromatic heterocycles. The Balaban J connectivity index is 1.45. The van der Waals surface area contributed by atoms with Crippen LogP contribution in [0.25, 0.3) is 10.2 Å². The number of nitrogens with zero attached hydrogens (tertiary/aromatic N) is 3. The highest BCUT2D eigenvalue weighted by molar-refractivity contribution is 7.89. The third-order valence-corrected chi connectivity index (χ3v) is 9.70. The van der Waals surface area contributed by atoms with Crippen LogP contribution in [0.15, 0.2) is 41.3 Å². The van der Waals surface area contributed by atoms with Gasteiger partial charge in [0.05, 0.1) is 27.8 Å². The van der Waals surface area contributed by atoms with Crippen molar-refractivity contribution in [3.63, 3.8) is 0 Å². The first kappa shape index (κ1) is 24.4. The second-order valence-corrected chi connectivity index (χ2v) is 12.4. The average Bonchev–Trinajstić information content (AvgIpc) is 3.53. The van der Waals surface area contributed by atoms with Crippen LogP contribution in [0, 0.1) is 13.8 Å². The minimum absolute atomic E-state index is 0.0347. The summed E-state index contributed by atoms with van der Waals surface area (Å²) in [5, 5.41) is 0.638. The Morgan fingerprint density at radius 2 is 1.86 bits per heavy atom. The summed E-state index contributed by atoms with van der Waals surface area (Å²) >= 11 is 1.50. The Morgan fingerprint density at radius 1 is 1.11 bits per heavy atom. The lowest BCUT2D eigenvalue weighted by atomic mass is 10.1. The summed E-state index contributed by atoms with van der Waals surface area (Å²) in [5.74, 6) is -0.198. The van der Waals surface area contributed by atoms with Gasteiger partial charge in [-0.2, -0.15) is 4.31 Å². The number of carbonyl (C=O) groups excluding carboxylic acids is 1. The zero-order valence-electron chi connectivity index (χ0n) is 20.2. The Kier molecular flexibility index (Phi) is 6.94. The van der Waals surface area contributed by atoms with Gasteiger partial charge in [-0.15, -0.1) is 0 Å². The monoisotopic (exact) mass is 513 g/mol. The minimum Gasteiger partial charge on any atom is -0.376 e. The molecule has 2 fully saturated rings. The van der Waals surface area contributed by atoms with E-state index in [9.17, 15) is 13.2 Å². The van der Waals surface area contributed by atoms with E-state index < -0.39 is 10.0 Å². The van der Waals surface area contributed by atoms with Crippen LogP contribution in [0.5, 0.6) is 0 Å². The van der Waals surface area contributed by atoms with Crippen LogP contribution < -0.4 is 4.90 Å². The van der Waals surface area contributed by atoms with Crippen molar-refractivity contribution in [1.29, 1.82) is 0 Å². The largest absolute Gasteiger partial charge is 0.376 e. The number of hydrogen-bond acceptors (Lipinski definition) is 6. The summed E-state index contributed by atoms with van der Waals surface area (Å²) in [6.45, 7) is 6.31. The molecule has 0 spiro atoms. The molecule has 3 heterocycles. The van der Waals surface area contributed by atoms with Gasteiger partial charge in [0, 0.05) is 25.3 Å². The summed E-state index contributed by atoms with van der Waals surface area (Å²) in [6.07, 6.45) is 4.68. The molecule has 9 heteroatoms. The second kappa shape index (κ2) is 9.97. The molecule has 1 atom stereocenters. The lowest BCUT2D eigenvalue weighted by Crippen LogP contribution is -2.37. The number of anilines is 1. The summed E-state index contributed by atoms with van der Waals surface area (Å²) < 4.78 is 34.5. The van der Waals surface area contributed by atoms with Crippen molar-refractivity contribution in [2.45, 2.75) is 57.0 Å². The van der Waals surface area contributed by atoms with Crippen molar-refractivity contribution in [1.82, 2.24) is 9.29 Å². The van der Waals surface area contributed by atoms with Crippen LogP contribution in [0.2, 0.25) is 0 Å². The number of aryl methyl sites for hydroxylation is 2. The first-order valence-electron chi connectivity index (χ1n) is 12.2. The number of carbonyl (C=O) groups is 1. The Bertz CT molecular complexity index is 1320. The number of ether oxygens (including phenoxy) is 1. The van der Waals surface area contributed by atoms with Gasteiger partial charge >= 0.3 is 0 Å². The third-order valence-electron chi connectivity index (χ3n) is 6.76. The average molecular weight is 514 g/mol. The lowest BCUT2D eigenvalue weighted by Gasteiger charge is -2.26. The van der Waals surface area contributed by atoms with Crippen LogP contribution in [-0.4, -0.2) is 56.0 Å². The molecule has 35 heavy (non-hydrogen) atoms. The zero-order valence-corrected chi connectivity index (χ0v) is 21.8. The highest BCUT2D eigenvalue weighted by Gasteiger charge is 2.29. The molecule has 3 aromatic rings. The van der Waals surface area contributed by atoms with Gasteiger partial charge in [-0.05, 0) is 81.0 Å². The van der Waals surface area contributed by atoms with Crippen molar-refractivity contribution in [2.24, 2.45) is 0 Å². The molecule has 5 rings (SSSR count). The molecule has 186 valence electrons. The highest BCUT2D eigenvalue weighted by atomic mass is 32.2. The molecule has 1 unspecified atom stereocenters. The Labute approximate surface area is 210 Å². The topological polar surface area (TPSA) is 79.8 Å². The molecule has 2 aliphatic rings. The first-order chi connectivity index (χ1) is 16.8. The van der Waals surface area contributed by atoms with E-state index in [1.165, 1.54) is 11.3 Å². The van der Waals surface area contributed by atoms with Crippen LogP contribution >= 0.6 is 11.3 Å². The molecule has 7 nitrogen and oxygen atoms in total. The van der Waals surface area contributed by atoms with Gasteiger partial charge in [-0.1, -0.05) is 23.8 Å². The molecule has 2 aromatic carbocycles. The number of rotatable bonds is 6. The van der Waals surface area contributed by atoms with Gasteiger partial charge < -0.3 is 4.74 Å². The predicted molar refractivity (Wildman–Crippen MR) is 139 cm³/mol. The fraction of sp³-hybridized carbons (Fsp3) is 0.462. The normalized spacial score (nSPS) is 19.3. The number of sulfonamides is 1. The van der Waals surface area contributed by atoms with Gasteiger partial charge in [0.2, 0.25) is 10.0 Å². The van der Waals surface area contributed by atoms with Gasteiger partial charge in [0.1, 0.15) is 0 Å². The van der Waals surface area contributed by atoms with Crippen LogP contribution in [-0.2, 0) is 14.8 Å². The van der Waals surface area contributed by atoms with E-state index in [4.69, 9.17) is 9.72 Å². The van der Waals surface area contributed by atoms with Gasteiger partial charge in [0.25, 0.3) is 5.91 Å². The fourth-order valence-electron chi connectivity index (χ4n) is 4.89. The molecule has 0 bridgehead atoms. The van der Waals surface area contributed by atoms with Gasteiger partial charge in [0.15, 0.2) is 5.13 Å². The first-order valence-corrected chi connectivity index (χ1v) is 14.5. The number of benzene rings is 2. The zero-order chi connectivity index (χ0) is 24.6. The molecule has 2 saturated heterocycles. The number of fused-ring (bicyclic) bond motifs is 1. The van der Waals surface area contributed by atoms with Crippen molar-refractivity contribution in [3.8, 4) is 0 Å². The summed E-state index contributed by atoms with van der Waals surface area (Å²) in [7, 11) is -3.54. The van der Waals surface area contributed by atoms with Crippen LogP contribution in [0.3, 0.4) is 0 Å². The van der Waals surface area contributed by atoms with Crippen LogP contribution in [0.4, 0.5) is 5.13 Å². The van der Waals surface area contributed by atoms with Crippen molar-refractivity contribution in [2.75, 3.05) is 31.1 Å². The maximum atomic E-state index is 13.7. The molecule has 1 amide bonds. The SMILES string of the molecule is Cc1cc(C)c2nc(N(CC3CCCO3)C(=O)c3ccc(S(=O)(=O)N4CCCCC4)cc3)sc2c1. The molecule has 0 aliphatic carbocycles. The van der Waals surface area contributed by atoms with Gasteiger partial charge in [-0.3, -0.25) is 9.69 Å². The van der Waals surface area contributed by atoms with Crippen LogP contribution in [0.1, 0.15) is 53.6 Å². The van der Waals surface area contributed by atoms with E-state index in [0.29, 0.717) is 36.9 Å². The van der Waals surface area contributed by atoms with E-state index in [-0.39, 0.29) is 16.9 Å². The fourth-order valence-corrected chi connectivity index (χ4v) is 7.56. The molecule has 0 N–H and O–H groups in total. The molecular formula is C26H31N3O4S2. The maximum absolute atomic E-state index is 13.7. The second-order valence-electron chi connectivity index (χ2n) is 9.46. The quantitative estimate of drug-likeness (QED) is 0.468. The third kappa shape index (κ3) is 5.00. The number of piperidine rings is 1. The maximum Gasteiger partial charge on any atom is 0.260 e. The molecule has 0 saturated carbocycles. The molecular weight excluding hydrogens is 482 g/mol. The number of aromatic nitrogens is 1. The van der Waals surface area contributed by atoms with E-state index in [1.807, 2.05) is 6.92 Å². The molecule has 2 aliphatic heterocycles. The number of hydrogen-bond donors (Lipinski definition) is 0. The highest BCUT2D eigenvalue weighted by Crippen LogP contribution is 2.33. The van der Waals surface area contributed by atoms with Gasteiger partial charge in [-0.25, -0.2) is 13.4 Å². The molecule has 0 radical (unpaired) electrons. The minimum atomic E-state index is -3.54. The smallest absolute Gasteiger partial charge is 0.260 e. The standard InChI is InChI=1S/C26H31N3O4S2/c1-18-15-19(2)24-23(16-18)34-26(27-24)29(17-21-7-6-14-33-21)25(30)20-8-10-22(11-9-20)35(31,32)28-12-4-3-5-13-28/h8-11,15-16,21H,3-7,12-14,17H2,1-2H3. The predicted octanol–water partition coefficient (Wildman–Crippen LogP) is 4.91.